The third-order valence-corrected chi connectivity index (χ3v) is 3.71. The number of carbonyl (C=O) groups is 1. The van der Waals surface area contributed by atoms with Crippen LogP contribution in [0.4, 0.5) is 0 Å². The van der Waals surface area contributed by atoms with Gasteiger partial charge < -0.3 is 4.74 Å². The van der Waals surface area contributed by atoms with Crippen LogP contribution in [-0.2, 0) is 9.53 Å². The zero-order chi connectivity index (χ0) is 13.7. The van der Waals surface area contributed by atoms with Gasteiger partial charge in [-0.25, -0.2) is 0 Å². The Morgan fingerprint density at radius 1 is 1.58 bits per heavy atom. The van der Waals surface area contributed by atoms with E-state index < -0.39 is 0 Å². The summed E-state index contributed by atoms with van der Waals surface area (Å²) in [5.74, 6) is 0.289. The van der Waals surface area contributed by atoms with Crippen LogP contribution in [0.3, 0.4) is 0 Å². The largest absolute Gasteiger partial charge is 0.465 e. The number of nitrogens with zero attached hydrogens (tertiary/aromatic N) is 2. The van der Waals surface area contributed by atoms with E-state index >= 15 is 0 Å². The number of esters is 1. The highest BCUT2D eigenvalue weighted by Crippen LogP contribution is 2.35. The maximum absolute atomic E-state index is 11.5. The number of ether oxygens (including phenoxy) is 1. The summed E-state index contributed by atoms with van der Waals surface area (Å²) in [7, 11) is 2.12. The van der Waals surface area contributed by atoms with Crippen LogP contribution >= 0.6 is 0 Å². The van der Waals surface area contributed by atoms with Crippen molar-refractivity contribution in [1.82, 2.24) is 9.88 Å². The predicted octanol–water partition coefficient (Wildman–Crippen LogP) is 2.42. The lowest BCUT2D eigenvalue weighted by molar-refractivity contribution is -0.145. The van der Waals surface area contributed by atoms with E-state index in [1.807, 2.05) is 19.2 Å². The molecule has 0 saturated carbocycles. The number of hydrogen-bond donors (Lipinski definition) is 0. The summed E-state index contributed by atoms with van der Waals surface area (Å²) < 4.78 is 5.38. The molecule has 0 spiro atoms. The van der Waals surface area contributed by atoms with Crippen LogP contribution in [0.15, 0.2) is 24.5 Å². The summed E-state index contributed by atoms with van der Waals surface area (Å²) in [6.07, 6.45) is 6.12. The molecule has 2 atom stereocenters. The van der Waals surface area contributed by atoms with Gasteiger partial charge in [-0.2, -0.15) is 0 Å². The van der Waals surface area contributed by atoms with Crippen molar-refractivity contribution in [2.75, 3.05) is 20.2 Å². The highest BCUT2D eigenvalue weighted by Gasteiger charge is 2.33. The molecular formula is C15H22N2O2. The molecule has 1 saturated heterocycles. The number of hydrogen-bond acceptors (Lipinski definition) is 4. The van der Waals surface area contributed by atoms with E-state index in [1.165, 1.54) is 5.56 Å². The van der Waals surface area contributed by atoms with E-state index in [9.17, 15) is 4.79 Å². The fourth-order valence-corrected chi connectivity index (χ4v) is 2.75. The monoisotopic (exact) mass is 262 g/mol. The van der Waals surface area contributed by atoms with Crippen molar-refractivity contribution in [3.05, 3.63) is 30.1 Å². The molecule has 1 aromatic heterocycles. The molecule has 19 heavy (non-hydrogen) atoms. The van der Waals surface area contributed by atoms with Crippen molar-refractivity contribution in [3.8, 4) is 0 Å². The van der Waals surface area contributed by atoms with E-state index in [-0.39, 0.29) is 5.97 Å². The van der Waals surface area contributed by atoms with Crippen LogP contribution in [0, 0.1) is 5.92 Å². The summed E-state index contributed by atoms with van der Waals surface area (Å²) in [6.45, 7) is 3.54. The van der Waals surface area contributed by atoms with Gasteiger partial charge in [-0.05, 0) is 38.1 Å². The molecule has 1 aliphatic rings. The van der Waals surface area contributed by atoms with Gasteiger partial charge in [0, 0.05) is 30.8 Å². The summed E-state index contributed by atoms with van der Waals surface area (Å²) in [4.78, 5) is 18.0. The first-order valence-electron chi connectivity index (χ1n) is 6.98. The Balaban J connectivity index is 1.98. The van der Waals surface area contributed by atoms with Crippen molar-refractivity contribution in [3.63, 3.8) is 0 Å². The van der Waals surface area contributed by atoms with Gasteiger partial charge in [0.15, 0.2) is 0 Å². The minimum atomic E-state index is -0.0815. The number of likely N-dealkylation sites (tertiary alicyclic amines) is 1. The first-order valence-corrected chi connectivity index (χ1v) is 6.98. The van der Waals surface area contributed by atoms with Gasteiger partial charge in [0.25, 0.3) is 0 Å². The molecule has 0 radical (unpaired) electrons. The zero-order valence-corrected chi connectivity index (χ0v) is 11.7. The molecule has 1 fully saturated rings. The Labute approximate surface area is 114 Å². The standard InChI is InChI=1S/C15H22N2O2/c1-3-5-14(18)19-11-13-7-9-17(2)15(13)12-6-4-8-16-10-12/h4,6,8,10,13,15H,3,5,7,9,11H2,1-2H3/t13-,15-/m0/s1. The second-order valence-electron chi connectivity index (χ2n) is 5.19. The molecule has 0 aliphatic carbocycles. The molecule has 1 aliphatic heterocycles. The van der Waals surface area contributed by atoms with E-state index in [0.29, 0.717) is 25.0 Å². The van der Waals surface area contributed by atoms with Crippen molar-refractivity contribution >= 4 is 5.97 Å². The number of carbonyl (C=O) groups excluding carboxylic acids is 1. The summed E-state index contributed by atoms with van der Waals surface area (Å²) in [5.41, 5.74) is 1.21. The SMILES string of the molecule is CCCC(=O)OC[C@@H]1CCN(C)[C@H]1c1cccnc1. The lowest BCUT2D eigenvalue weighted by Gasteiger charge is -2.25. The maximum atomic E-state index is 11.5. The topological polar surface area (TPSA) is 42.4 Å². The molecule has 0 N–H and O–H groups in total. The number of pyridine rings is 1. The summed E-state index contributed by atoms with van der Waals surface area (Å²) >= 11 is 0. The van der Waals surface area contributed by atoms with Crippen LogP contribution in [-0.4, -0.2) is 36.1 Å². The van der Waals surface area contributed by atoms with Crippen molar-refractivity contribution < 1.29 is 9.53 Å². The van der Waals surface area contributed by atoms with Gasteiger partial charge in [0.2, 0.25) is 0 Å². The molecular weight excluding hydrogens is 240 g/mol. The molecule has 0 aromatic carbocycles. The third kappa shape index (κ3) is 3.53. The van der Waals surface area contributed by atoms with Crippen LogP contribution < -0.4 is 0 Å². The van der Waals surface area contributed by atoms with Crippen LogP contribution in [0.5, 0.6) is 0 Å². The Morgan fingerprint density at radius 3 is 3.11 bits per heavy atom. The van der Waals surface area contributed by atoms with Crippen LogP contribution in [0.25, 0.3) is 0 Å². The fourth-order valence-electron chi connectivity index (χ4n) is 2.75. The van der Waals surface area contributed by atoms with E-state index in [2.05, 4.69) is 23.0 Å². The maximum Gasteiger partial charge on any atom is 0.305 e. The summed E-state index contributed by atoms with van der Waals surface area (Å²) in [6, 6.07) is 4.37. The second kappa shape index (κ2) is 6.66. The van der Waals surface area contributed by atoms with E-state index in [1.54, 1.807) is 6.20 Å². The van der Waals surface area contributed by atoms with Gasteiger partial charge in [0.1, 0.15) is 0 Å². The van der Waals surface area contributed by atoms with E-state index in [0.717, 1.165) is 19.4 Å². The Morgan fingerprint density at radius 2 is 2.42 bits per heavy atom. The molecule has 2 heterocycles. The highest BCUT2D eigenvalue weighted by atomic mass is 16.5. The van der Waals surface area contributed by atoms with Crippen molar-refractivity contribution in [2.45, 2.75) is 32.2 Å². The average Bonchev–Trinajstić information content (AvgIpc) is 2.79. The Kier molecular flexibility index (Phi) is 4.91. The lowest BCUT2D eigenvalue weighted by atomic mass is 9.96. The Bertz CT molecular complexity index is 408. The number of rotatable bonds is 5. The van der Waals surface area contributed by atoms with Gasteiger partial charge in [-0.1, -0.05) is 13.0 Å². The molecule has 0 bridgehead atoms. The highest BCUT2D eigenvalue weighted by molar-refractivity contribution is 5.69. The van der Waals surface area contributed by atoms with Crippen LogP contribution in [0.1, 0.15) is 37.8 Å². The smallest absolute Gasteiger partial charge is 0.305 e. The van der Waals surface area contributed by atoms with Gasteiger partial charge >= 0.3 is 5.97 Å². The molecule has 0 unspecified atom stereocenters. The first kappa shape index (κ1) is 14.0. The third-order valence-electron chi connectivity index (χ3n) is 3.71. The first-order chi connectivity index (χ1) is 9.22. The van der Waals surface area contributed by atoms with Gasteiger partial charge in [-0.3, -0.25) is 14.7 Å². The fraction of sp³-hybridized carbons (Fsp3) is 0.600. The van der Waals surface area contributed by atoms with Gasteiger partial charge in [-0.15, -0.1) is 0 Å². The second-order valence-corrected chi connectivity index (χ2v) is 5.19. The predicted molar refractivity (Wildman–Crippen MR) is 73.6 cm³/mol. The number of aromatic nitrogens is 1. The summed E-state index contributed by atoms with van der Waals surface area (Å²) in [5, 5.41) is 0. The molecule has 2 rings (SSSR count). The van der Waals surface area contributed by atoms with E-state index in [4.69, 9.17) is 4.74 Å². The normalized spacial score (nSPS) is 23.5. The van der Waals surface area contributed by atoms with Crippen LogP contribution in [0.2, 0.25) is 0 Å². The molecule has 104 valence electrons. The molecule has 1 aromatic rings. The zero-order valence-electron chi connectivity index (χ0n) is 11.7. The lowest BCUT2D eigenvalue weighted by Crippen LogP contribution is -2.24. The molecule has 4 nitrogen and oxygen atoms in total. The average molecular weight is 262 g/mol. The van der Waals surface area contributed by atoms with Crippen molar-refractivity contribution in [1.29, 1.82) is 0 Å². The molecule has 0 amide bonds. The minimum absolute atomic E-state index is 0.0815. The Hall–Kier alpha value is -1.42. The van der Waals surface area contributed by atoms with Crippen molar-refractivity contribution in [2.24, 2.45) is 5.92 Å². The van der Waals surface area contributed by atoms with Gasteiger partial charge in [0.05, 0.1) is 6.61 Å². The quantitative estimate of drug-likeness (QED) is 0.764. The minimum Gasteiger partial charge on any atom is -0.465 e. The molecule has 4 heteroatoms.